The molecule has 0 aromatic carbocycles. The second-order valence-corrected chi connectivity index (χ2v) is 3.73. The summed E-state index contributed by atoms with van der Waals surface area (Å²) in [7, 11) is 0. The van der Waals surface area contributed by atoms with Crippen molar-refractivity contribution in [1.82, 2.24) is 10.2 Å². The third-order valence-electron chi connectivity index (χ3n) is 2.41. The van der Waals surface area contributed by atoms with E-state index in [-0.39, 0.29) is 0 Å². The van der Waals surface area contributed by atoms with Crippen LogP contribution in [0.25, 0.3) is 0 Å². The van der Waals surface area contributed by atoms with Crippen LogP contribution < -0.4 is 5.32 Å². The van der Waals surface area contributed by atoms with E-state index in [1.165, 1.54) is 0 Å². The first-order valence-electron chi connectivity index (χ1n) is 6.54. The van der Waals surface area contributed by atoms with Crippen LogP contribution in [0.15, 0.2) is 12.7 Å². The molecular formula is C13H28N2O2. The molecule has 17 heavy (non-hydrogen) atoms. The van der Waals surface area contributed by atoms with E-state index in [0.29, 0.717) is 0 Å². The lowest BCUT2D eigenvalue weighted by atomic mass is 10.4. The maximum absolute atomic E-state index is 5.38. The summed E-state index contributed by atoms with van der Waals surface area (Å²) >= 11 is 0. The molecule has 0 spiro atoms. The highest BCUT2D eigenvalue weighted by molar-refractivity contribution is 4.70. The molecule has 0 aromatic heterocycles. The van der Waals surface area contributed by atoms with Gasteiger partial charge in [-0.15, -0.1) is 6.58 Å². The molecule has 0 aliphatic rings. The van der Waals surface area contributed by atoms with Crippen molar-refractivity contribution in [2.45, 2.75) is 13.8 Å². The van der Waals surface area contributed by atoms with Crippen molar-refractivity contribution in [3.05, 3.63) is 12.7 Å². The predicted octanol–water partition coefficient (Wildman–Crippen LogP) is 1.14. The van der Waals surface area contributed by atoms with E-state index in [1.807, 2.05) is 19.9 Å². The minimum Gasteiger partial charge on any atom is -0.380 e. The van der Waals surface area contributed by atoms with Crippen molar-refractivity contribution in [2.75, 3.05) is 59.2 Å². The zero-order valence-corrected chi connectivity index (χ0v) is 11.4. The van der Waals surface area contributed by atoms with Gasteiger partial charge in [-0.25, -0.2) is 0 Å². The van der Waals surface area contributed by atoms with E-state index in [1.54, 1.807) is 0 Å². The lowest BCUT2D eigenvalue weighted by Crippen LogP contribution is -2.36. The number of hydrogen-bond acceptors (Lipinski definition) is 4. The smallest absolute Gasteiger partial charge is 0.0593 e. The molecule has 0 aliphatic heterocycles. The SMILES string of the molecule is C=CCNCCN(CCOCC)CCOCC. The van der Waals surface area contributed by atoms with E-state index in [0.717, 1.165) is 59.2 Å². The highest BCUT2D eigenvalue weighted by atomic mass is 16.5. The number of ether oxygens (including phenoxy) is 2. The average molecular weight is 244 g/mol. The summed E-state index contributed by atoms with van der Waals surface area (Å²) in [6, 6.07) is 0. The Kier molecular flexibility index (Phi) is 13.3. The second-order valence-electron chi connectivity index (χ2n) is 3.73. The van der Waals surface area contributed by atoms with E-state index < -0.39 is 0 Å². The molecule has 0 rings (SSSR count). The van der Waals surface area contributed by atoms with Crippen molar-refractivity contribution in [1.29, 1.82) is 0 Å². The molecule has 0 bridgehead atoms. The Morgan fingerprint density at radius 2 is 1.65 bits per heavy atom. The summed E-state index contributed by atoms with van der Waals surface area (Å²) in [4.78, 5) is 2.36. The van der Waals surface area contributed by atoms with Gasteiger partial charge in [0.15, 0.2) is 0 Å². The van der Waals surface area contributed by atoms with Crippen LogP contribution in [0.2, 0.25) is 0 Å². The Balaban J connectivity index is 3.63. The Morgan fingerprint density at radius 3 is 2.12 bits per heavy atom. The van der Waals surface area contributed by atoms with Crippen LogP contribution in [0, 0.1) is 0 Å². The molecule has 0 atom stereocenters. The van der Waals surface area contributed by atoms with Gasteiger partial charge < -0.3 is 14.8 Å². The van der Waals surface area contributed by atoms with E-state index >= 15 is 0 Å². The standard InChI is InChI=1S/C13H28N2O2/c1-4-7-14-8-9-15(10-12-16-5-2)11-13-17-6-3/h4,14H,1,5-13H2,2-3H3. The van der Waals surface area contributed by atoms with Gasteiger partial charge in [-0.05, 0) is 13.8 Å². The first kappa shape index (κ1) is 16.6. The van der Waals surface area contributed by atoms with Crippen LogP contribution in [0.5, 0.6) is 0 Å². The van der Waals surface area contributed by atoms with Gasteiger partial charge in [0.05, 0.1) is 13.2 Å². The van der Waals surface area contributed by atoms with Gasteiger partial charge in [-0.1, -0.05) is 6.08 Å². The zero-order valence-electron chi connectivity index (χ0n) is 11.4. The first-order valence-corrected chi connectivity index (χ1v) is 6.54. The lowest BCUT2D eigenvalue weighted by Gasteiger charge is -2.22. The summed E-state index contributed by atoms with van der Waals surface area (Å²) in [5.74, 6) is 0. The molecule has 0 fully saturated rings. The fraction of sp³-hybridized carbons (Fsp3) is 0.846. The Hall–Kier alpha value is -0.420. The topological polar surface area (TPSA) is 33.7 Å². The minimum atomic E-state index is 0.786. The molecular weight excluding hydrogens is 216 g/mol. The molecule has 4 heteroatoms. The zero-order chi connectivity index (χ0) is 12.8. The molecule has 0 saturated heterocycles. The fourth-order valence-corrected chi connectivity index (χ4v) is 1.45. The first-order chi connectivity index (χ1) is 8.35. The predicted molar refractivity (Wildman–Crippen MR) is 72.5 cm³/mol. The second kappa shape index (κ2) is 13.6. The van der Waals surface area contributed by atoms with Crippen LogP contribution in [0.1, 0.15) is 13.8 Å². The van der Waals surface area contributed by atoms with E-state index in [2.05, 4.69) is 16.8 Å². The van der Waals surface area contributed by atoms with Gasteiger partial charge in [0.25, 0.3) is 0 Å². The lowest BCUT2D eigenvalue weighted by molar-refractivity contribution is 0.0833. The number of rotatable bonds is 13. The number of hydrogen-bond donors (Lipinski definition) is 1. The molecule has 0 amide bonds. The fourth-order valence-electron chi connectivity index (χ4n) is 1.45. The molecule has 0 aliphatic carbocycles. The highest BCUT2D eigenvalue weighted by Crippen LogP contribution is 1.89. The third kappa shape index (κ3) is 11.8. The molecule has 0 saturated carbocycles. The van der Waals surface area contributed by atoms with Crippen molar-refractivity contribution in [3.63, 3.8) is 0 Å². The number of nitrogens with zero attached hydrogens (tertiary/aromatic N) is 1. The molecule has 0 heterocycles. The van der Waals surface area contributed by atoms with Crippen LogP contribution in [-0.4, -0.2) is 64.1 Å². The molecule has 102 valence electrons. The monoisotopic (exact) mass is 244 g/mol. The Labute approximate surface area is 106 Å². The van der Waals surface area contributed by atoms with Crippen LogP contribution in [-0.2, 0) is 9.47 Å². The van der Waals surface area contributed by atoms with Gasteiger partial charge in [-0.2, -0.15) is 0 Å². The summed E-state index contributed by atoms with van der Waals surface area (Å²) in [5, 5.41) is 3.31. The third-order valence-corrected chi connectivity index (χ3v) is 2.41. The van der Waals surface area contributed by atoms with Gasteiger partial charge in [0, 0.05) is 45.9 Å². The van der Waals surface area contributed by atoms with Gasteiger partial charge in [0.2, 0.25) is 0 Å². The normalized spacial score (nSPS) is 11.0. The maximum Gasteiger partial charge on any atom is 0.0593 e. The minimum absolute atomic E-state index is 0.786. The molecule has 4 nitrogen and oxygen atoms in total. The molecule has 0 aromatic rings. The van der Waals surface area contributed by atoms with Crippen molar-refractivity contribution in [3.8, 4) is 0 Å². The number of nitrogens with one attached hydrogen (secondary N) is 1. The molecule has 1 N–H and O–H groups in total. The van der Waals surface area contributed by atoms with E-state index in [4.69, 9.17) is 9.47 Å². The van der Waals surface area contributed by atoms with Crippen molar-refractivity contribution in [2.24, 2.45) is 0 Å². The van der Waals surface area contributed by atoms with Gasteiger partial charge in [-0.3, -0.25) is 4.90 Å². The summed E-state index contributed by atoms with van der Waals surface area (Å²) in [5.41, 5.74) is 0. The summed E-state index contributed by atoms with van der Waals surface area (Å²) in [6.45, 7) is 15.7. The highest BCUT2D eigenvalue weighted by Gasteiger charge is 2.03. The van der Waals surface area contributed by atoms with Gasteiger partial charge in [0.1, 0.15) is 0 Å². The Morgan fingerprint density at radius 1 is 1.06 bits per heavy atom. The van der Waals surface area contributed by atoms with Crippen LogP contribution in [0.3, 0.4) is 0 Å². The quantitative estimate of drug-likeness (QED) is 0.389. The summed E-state index contributed by atoms with van der Waals surface area (Å²) in [6.07, 6.45) is 1.88. The van der Waals surface area contributed by atoms with E-state index in [9.17, 15) is 0 Å². The van der Waals surface area contributed by atoms with Crippen molar-refractivity contribution >= 4 is 0 Å². The molecule has 0 unspecified atom stereocenters. The average Bonchev–Trinajstić information content (AvgIpc) is 2.34. The van der Waals surface area contributed by atoms with Gasteiger partial charge >= 0.3 is 0 Å². The van der Waals surface area contributed by atoms with Crippen LogP contribution in [0.4, 0.5) is 0 Å². The maximum atomic E-state index is 5.38. The Bertz CT molecular complexity index is 155. The van der Waals surface area contributed by atoms with Crippen LogP contribution >= 0.6 is 0 Å². The molecule has 0 radical (unpaired) electrons. The summed E-state index contributed by atoms with van der Waals surface area (Å²) < 4.78 is 10.8. The van der Waals surface area contributed by atoms with Crippen molar-refractivity contribution < 1.29 is 9.47 Å². The largest absolute Gasteiger partial charge is 0.380 e.